The van der Waals surface area contributed by atoms with Gasteiger partial charge in [-0.3, -0.25) is 0 Å². The number of benzene rings is 1. The molecule has 0 unspecified atom stereocenters. The largest absolute Gasteiger partial charge is 0.399 e. The van der Waals surface area contributed by atoms with E-state index in [0.29, 0.717) is 0 Å². The minimum absolute atomic E-state index is 0.859. The van der Waals surface area contributed by atoms with Crippen LogP contribution in [0.15, 0.2) is 30.6 Å². The Morgan fingerprint density at radius 2 is 2.11 bits per heavy atom. The minimum atomic E-state index is 0.859. The zero-order valence-corrected chi connectivity index (χ0v) is 11.3. The first kappa shape index (κ1) is 12.3. The van der Waals surface area contributed by atoms with Crippen LogP contribution in [0.25, 0.3) is 0 Å². The van der Waals surface area contributed by atoms with Gasteiger partial charge in [0.2, 0.25) is 0 Å². The maximum atomic E-state index is 5.80. The van der Waals surface area contributed by atoms with E-state index in [1.54, 1.807) is 0 Å². The number of hydrogen-bond acceptors (Lipinski definition) is 2. The van der Waals surface area contributed by atoms with Gasteiger partial charge in [-0.1, -0.05) is 12.1 Å². The van der Waals surface area contributed by atoms with Crippen molar-refractivity contribution in [2.45, 2.75) is 45.1 Å². The molecule has 100 valence electrons. The summed E-state index contributed by atoms with van der Waals surface area (Å²) in [6.07, 6.45) is 9.23. The third-order valence-corrected chi connectivity index (χ3v) is 3.93. The number of fused-ring (bicyclic) bond motifs is 1. The van der Waals surface area contributed by atoms with E-state index in [9.17, 15) is 0 Å². The van der Waals surface area contributed by atoms with Crippen LogP contribution in [-0.2, 0) is 25.8 Å². The first-order chi connectivity index (χ1) is 9.33. The molecule has 0 spiro atoms. The average molecular weight is 255 g/mol. The summed E-state index contributed by atoms with van der Waals surface area (Å²) in [5.74, 6) is 0. The number of aryl methyl sites for hydroxylation is 3. The molecule has 2 aromatic rings. The van der Waals surface area contributed by atoms with Crippen LogP contribution in [0, 0.1) is 0 Å². The third-order valence-electron chi connectivity index (χ3n) is 3.93. The van der Waals surface area contributed by atoms with E-state index in [2.05, 4.69) is 21.7 Å². The van der Waals surface area contributed by atoms with Gasteiger partial charge in [-0.25, -0.2) is 4.98 Å². The van der Waals surface area contributed by atoms with Crippen molar-refractivity contribution >= 4 is 5.69 Å². The molecule has 1 aliphatic carbocycles. The first-order valence-corrected chi connectivity index (χ1v) is 7.20. The normalized spacial score (nSPS) is 14.3. The highest BCUT2D eigenvalue weighted by molar-refractivity contribution is 5.40. The summed E-state index contributed by atoms with van der Waals surface area (Å²) in [7, 11) is 0. The highest BCUT2D eigenvalue weighted by Crippen LogP contribution is 2.20. The maximum Gasteiger partial charge on any atom is 0.0951 e. The van der Waals surface area contributed by atoms with Gasteiger partial charge in [-0.05, 0) is 56.2 Å². The Kier molecular flexibility index (Phi) is 3.53. The summed E-state index contributed by atoms with van der Waals surface area (Å²) in [6, 6.07) is 8.20. The summed E-state index contributed by atoms with van der Waals surface area (Å²) in [6.45, 7) is 1.07. The van der Waals surface area contributed by atoms with Gasteiger partial charge >= 0.3 is 0 Å². The summed E-state index contributed by atoms with van der Waals surface area (Å²) in [4.78, 5) is 4.54. The fourth-order valence-corrected chi connectivity index (χ4v) is 2.93. The van der Waals surface area contributed by atoms with Gasteiger partial charge in [-0.15, -0.1) is 0 Å². The number of nitrogens with two attached hydrogens (primary N) is 1. The quantitative estimate of drug-likeness (QED) is 0.854. The third kappa shape index (κ3) is 2.80. The number of hydrogen-bond donors (Lipinski definition) is 1. The highest BCUT2D eigenvalue weighted by atomic mass is 15.1. The molecular formula is C16H21N3. The van der Waals surface area contributed by atoms with E-state index in [-0.39, 0.29) is 0 Å². The number of imidazole rings is 1. The van der Waals surface area contributed by atoms with E-state index in [1.807, 2.05) is 18.5 Å². The van der Waals surface area contributed by atoms with Gasteiger partial charge < -0.3 is 10.3 Å². The average Bonchev–Trinajstić information content (AvgIpc) is 2.83. The van der Waals surface area contributed by atoms with Crippen molar-refractivity contribution in [3.8, 4) is 0 Å². The fourth-order valence-electron chi connectivity index (χ4n) is 2.93. The predicted molar refractivity (Wildman–Crippen MR) is 78.0 cm³/mol. The van der Waals surface area contributed by atoms with Gasteiger partial charge in [0.15, 0.2) is 0 Å². The van der Waals surface area contributed by atoms with Crippen molar-refractivity contribution in [2.24, 2.45) is 0 Å². The van der Waals surface area contributed by atoms with E-state index >= 15 is 0 Å². The van der Waals surface area contributed by atoms with Crippen LogP contribution >= 0.6 is 0 Å². The summed E-state index contributed by atoms with van der Waals surface area (Å²) < 4.78 is 2.35. The first-order valence-electron chi connectivity index (χ1n) is 7.20. The number of anilines is 1. The van der Waals surface area contributed by atoms with Crippen molar-refractivity contribution < 1.29 is 0 Å². The van der Waals surface area contributed by atoms with Crippen LogP contribution in [0.3, 0.4) is 0 Å². The SMILES string of the molecule is Nc1cccc(CCCn2cnc3c2CCCC3)c1. The second-order valence-corrected chi connectivity index (χ2v) is 5.39. The molecule has 0 saturated heterocycles. The zero-order valence-electron chi connectivity index (χ0n) is 11.3. The van der Waals surface area contributed by atoms with Crippen LogP contribution in [0.5, 0.6) is 0 Å². The van der Waals surface area contributed by atoms with Gasteiger partial charge in [0.25, 0.3) is 0 Å². The van der Waals surface area contributed by atoms with E-state index in [0.717, 1.165) is 31.5 Å². The van der Waals surface area contributed by atoms with Crippen LogP contribution < -0.4 is 5.73 Å². The molecule has 1 aliphatic rings. The van der Waals surface area contributed by atoms with Crippen molar-refractivity contribution in [3.63, 3.8) is 0 Å². The molecule has 3 rings (SSSR count). The molecule has 1 heterocycles. The number of nitrogen functional groups attached to an aromatic ring is 1. The Labute approximate surface area is 114 Å². The van der Waals surface area contributed by atoms with Crippen molar-refractivity contribution in [3.05, 3.63) is 47.5 Å². The Bertz CT molecular complexity index is 557. The van der Waals surface area contributed by atoms with Crippen molar-refractivity contribution in [1.82, 2.24) is 9.55 Å². The van der Waals surface area contributed by atoms with E-state index < -0.39 is 0 Å². The smallest absolute Gasteiger partial charge is 0.0951 e. The predicted octanol–water partition coefficient (Wildman–Crippen LogP) is 2.98. The van der Waals surface area contributed by atoms with Gasteiger partial charge in [0, 0.05) is 17.9 Å². The molecule has 19 heavy (non-hydrogen) atoms. The molecule has 0 amide bonds. The van der Waals surface area contributed by atoms with E-state index in [4.69, 9.17) is 5.73 Å². The zero-order chi connectivity index (χ0) is 13.1. The summed E-state index contributed by atoms with van der Waals surface area (Å²) in [5, 5.41) is 0. The lowest BCUT2D eigenvalue weighted by molar-refractivity contribution is 0.581. The molecule has 2 N–H and O–H groups in total. The minimum Gasteiger partial charge on any atom is -0.399 e. The molecule has 3 nitrogen and oxygen atoms in total. The van der Waals surface area contributed by atoms with Gasteiger partial charge in [-0.2, -0.15) is 0 Å². The standard InChI is InChI=1S/C16H21N3/c17-14-7-3-5-13(11-14)6-4-10-19-12-18-15-8-1-2-9-16(15)19/h3,5,7,11-12H,1-2,4,6,8-10,17H2. The summed E-state index contributed by atoms with van der Waals surface area (Å²) in [5.41, 5.74) is 10.8. The van der Waals surface area contributed by atoms with E-state index in [1.165, 1.54) is 36.2 Å². The molecule has 3 heteroatoms. The van der Waals surface area contributed by atoms with Crippen LogP contribution in [-0.4, -0.2) is 9.55 Å². The monoisotopic (exact) mass is 255 g/mol. The van der Waals surface area contributed by atoms with Gasteiger partial charge in [0.05, 0.1) is 12.0 Å². The summed E-state index contributed by atoms with van der Waals surface area (Å²) >= 11 is 0. The lowest BCUT2D eigenvalue weighted by Crippen LogP contribution is -2.08. The Morgan fingerprint density at radius 3 is 3.00 bits per heavy atom. The number of aromatic nitrogens is 2. The lowest BCUT2D eigenvalue weighted by Gasteiger charge is -2.14. The van der Waals surface area contributed by atoms with Crippen LogP contribution in [0.4, 0.5) is 5.69 Å². The lowest BCUT2D eigenvalue weighted by atomic mass is 10.0. The molecule has 0 aliphatic heterocycles. The maximum absolute atomic E-state index is 5.80. The molecule has 0 bridgehead atoms. The molecule has 1 aromatic carbocycles. The Hall–Kier alpha value is -1.77. The molecule has 0 radical (unpaired) electrons. The van der Waals surface area contributed by atoms with Gasteiger partial charge in [0.1, 0.15) is 0 Å². The van der Waals surface area contributed by atoms with Crippen molar-refractivity contribution in [2.75, 3.05) is 5.73 Å². The second-order valence-electron chi connectivity index (χ2n) is 5.39. The number of nitrogens with zero attached hydrogens (tertiary/aromatic N) is 2. The Morgan fingerprint density at radius 1 is 1.21 bits per heavy atom. The Balaban J connectivity index is 1.59. The van der Waals surface area contributed by atoms with Crippen molar-refractivity contribution in [1.29, 1.82) is 0 Å². The molecule has 1 aromatic heterocycles. The molecule has 0 fully saturated rings. The number of rotatable bonds is 4. The van der Waals surface area contributed by atoms with Crippen LogP contribution in [0.2, 0.25) is 0 Å². The topological polar surface area (TPSA) is 43.8 Å². The van der Waals surface area contributed by atoms with Crippen LogP contribution in [0.1, 0.15) is 36.2 Å². The highest BCUT2D eigenvalue weighted by Gasteiger charge is 2.14. The molecule has 0 atom stereocenters. The second kappa shape index (κ2) is 5.47. The fraction of sp³-hybridized carbons (Fsp3) is 0.438. The molecule has 0 saturated carbocycles. The molecular weight excluding hydrogens is 234 g/mol.